The number of rotatable bonds is 7. The first-order chi connectivity index (χ1) is 9.72. The second-order valence-corrected chi connectivity index (χ2v) is 4.97. The second kappa shape index (κ2) is 7.31. The Morgan fingerprint density at radius 1 is 1.30 bits per heavy atom. The maximum Gasteiger partial charge on any atom is 0.165 e. The number of benzene rings is 1. The zero-order chi connectivity index (χ0) is 14.4. The minimum Gasteiger partial charge on any atom is -0.454 e. The van der Waals surface area contributed by atoms with Gasteiger partial charge in [0, 0.05) is 18.1 Å². The molecule has 0 aliphatic carbocycles. The van der Waals surface area contributed by atoms with Crippen molar-refractivity contribution in [3.63, 3.8) is 0 Å². The molecule has 0 saturated carbocycles. The first kappa shape index (κ1) is 14.9. The van der Waals surface area contributed by atoms with Gasteiger partial charge in [0.25, 0.3) is 0 Å². The van der Waals surface area contributed by atoms with Gasteiger partial charge in [-0.25, -0.2) is 0 Å². The van der Waals surface area contributed by atoms with Gasteiger partial charge in [-0.15, -0.1) is 0 Å². The molecular weight excluding hydrogens is 274 g/mol. The average Bonchev–Trinajstić information content (AvgIpc) is 2.89. The highest BCUT2D eigenvalue weighted by Crippen LogP contribution is 2.26. The fraction of sp³-hybridized carbons (Fsp3) is 0.400. The van der Waals surface area contributed by atoms with Crippen LogP contribution in [0.2, 0.25) is 5.02 Å². The van der Waals surface area contributed by atoms with Gasteiger partial charge in [-0.3, -0.25) is 4.68 Å². The molecule has 0 spiro atoms. The van der Waals surface area contributed by atoms with E-state index in [-0.39, 0.29) is 0 Å². The molecule has 2 rings (SSSR count). The van der Waals surface area contributed by atoms with Gasteiger partial charge in [0.05, 0.1) is 12.4 Å². The Kier molecular flexibility index (Phi) is 5.44. The van der Waals surface area contributed by atoms with Gasteiger partial charge < -0.3 is 10.1 Å². The predicted molar refractivity (Wildman–Crippen MR) is 81.4 cm³/mol. The Morgan fingerprint density at radius 2 is 2.15 bits per heavy atom. The van der Waals surface area contributed by atoms with Crippen LogP contribution < -0.4 is 10.1 Å². The fourth-order valence-electron chi connectivity index (χ4n) is 1.84. The Balaban J connectivity index is 2.01. The van der Waals surface area contributed by atoms with Crippen LogP contribution in [0.3, 0.4) is 0 Å². The molecule has 0 fully saturated rings. The minimum atomic E-state index is 0.717. The SMILES string of the molecule is CCCNCc1ccc(Oc2cnn(CC)c2)cc1Cl. The van der Waals surface area contributed by atoms with Crippen molar-refractivity contribution in [3.8, 4) is 11.5 Å². The molecule has 0 saturated heterocycles. The summed E-state index contributed by atoms with van der Waals surface area (Å²) in [5, 5.41) is 8.22. The quantitative estimate of drug-likeness (QED) is 0.788. The average molecular weight is 294 g/mol. The standard InChI is InChI=1S/C15H20ClN3O/c1-3-7-17-9-12-5-6-13(8-15(12)16)20-14-10-18-19(4-2)11-14/h5-6,8,10-11,17H,3-4,7,9H2,1-2H3. The van der Waals surface area contributed by atoms with E-state index in [2.05, 4.69) is 17.3 Å². The van der Waals surface area contributed by atoms with E-state index in [0.29, 0.717) is 5.02 Å². The van der Waals surface area contributed by atoms with Gasteiger partial charge >= 0.3 is 0 Å². The number of aryl methyl sites for hydroxylation is 1. The third-order valence-corrected chi connectivity index (χ3v) is 3.29. The Labute approximate surface area is 124 Å². The first-order valence-corrected chi connectivity index (χ1v) is 7.30. The van der Waals surface area contributed by atoms with Crippen LogP contribution in [0.4, 0.5) is 0 Å². The number of nitrogens with one attached hydrogen (secondary N) is 1. The van der Waals surface area contributed by atoms with Crippen LogP contribution in [0.5, 0.6) is 11.5 Å². The van der Waals surface area contributed by atoms with E-state index in [1.807, 2.05) is 36.0 Å². The molecule has 20 heavy (non-hydrogen) atoms. The molecule has 4 nitrogen and oxygen atoms in total. The third-order valence-electron chi connectivity index (χ3n) is 2.94. The molecule has 0 aliphatic rings. The summed E-state index contributed by atoms with van der Waals surface area (Å²) in [4.78, 5) is 0. The van der Waals surface area contributed by atoms with Gasteiger partial charge in [0.2, 0.25) is 0 Å². The molecule has 1 heterocycles. The maximum atomic E-state index is 6.27. The Hall–Kier alpha value is -1.52. The summed E-state index contributed by atoms with van der Waals surface area (Å²) in [5.41, 5.74) is 1.08. The first-order valence-electron chi connectivity index (χ1n) is 6.92. The summed E-state index contributed by atoms with van der Waals surface area (Å²) in [7, 11) is 0. The van der Waals surface area contributed by atoms with Crippen molar-refractivity contribution in [2.75, 3.05) is 6.54 Å². The van der Waals surface area contributed by atoms with E-state index >= 15 is 0 Å². The molecule has 108 valence electrons. The summed E-state index contributed by atoms with van der Waals surface area (Å²) in [5.74, 6) is 1.45. The van der Waals surface area contributed by atoms with Crippen LogP contribution in [0.15, 0.2) is 30.6 Å². The van der Waals surface area contributed by atoms with Crippen molar-refractivity contribution in [1.82, 2.24) is 15.1 Å². The fourth-order valence-corrected chi connectivity index (χ4v) is 2.08. The van der Waals surface area contributed by atoms with Crippen molar-refractivity contribution in [2.45, 2.75) is 33.4 Å². The van der Waals surface area contributed by atoms with Gasteiger partial charge in [-0.05, 0) is 37.6 Å². The summed E-state index contributed by atoms with van der Waals surface area (Å²) < 4.78 is 7.55. The lowest BCUT2D eigenvalue weighted by atomic mass is 10.2. The molecule has 0 bridgehead atoms. The molecule has 0 aliphatic heterocycles. The van der Waals surface area contributed by atoms with Crippen molar-refractivity contribution in [3.05, 3.63) is 41.2 Å². The molecular formula is C15H20ClN3O. The molecule has 0 amide bonds. The lowest BCUT2D eigenvalue weighted by Gasteiger charge is -2.08. The molecule has 1 N–H and O–H groups in total. The predicted octanol–water partition coefficient (Wildman–Crippen LogP) is 3.85. The summed E-state index contributed by atoms with van der Waals surface area (Å²) >= 11 is 6.27. The van der Waals surface area contributed by atoms with E-state index in [1.54, 1.807) is 6.20 Å². The van der Waals surface area contributed by atoms with E-state index in [1.165, 1.54) is 0 Å². The number of nitrogens with zero attached hydrogens (tertiary/aromatic N) is 2. The smallest absolute Gasteiger partial charge is 0.165 e. The number of halogens is 1. The van der Waals surface area contributed by atoms with E-state index in [0.717, 1.165) is 43.1 Å². The number of aromatic nitrogens is 2. The molecule has 0 atom stereocenters. The Morgan fingerprint density at radius 3 is 2.80 bits per heavy atom. The highest BCUT2D eigenvalue weighted by atomic mass is 35.5. The van der Waals surface area contributed by atoms with Crippen LogP contribution in [-0.4, -0.2) is 16.3 Å². The van der Waals surface area contributed by atoms with E-state index in [4.69, 9.17) is 16.3 Å². The van der Waals surface area contributed by atoms with Crippen molar-refractivity contribution in [1.29, 1.82) is 0 Å². The minimum absolute atomic E-state index is 0.717. The summed E-state index contributed by atoms with van der Waals surface area (Å²) in [6.07, 6.45) is 4.68. The largest absolute Gasteiger partial charge is 0.454 e. The van der Waals surface area contributed by atoms with Crippen LogP contribution in [-0.2, 0) is 13.1 Å². The highest BCUT2D eigenvalue weighted by molar-refractivity contribution is 6.31. The molecule has 0 radical (unpaired) electrons. The van der Waals surface area contributed by atoms with Crippen molar-refractivity contribution >= 4 is 11.6 Å². The van der Waals surface area contributed by atoms with Crippen molar-refractivity contribution < 1.29 is 4.74 Å². The zero-order valence-corrected chi connectivity index (χ0v) is 12.7. The summed E-state index contributed by atoms with van der Waals surface area (Å²) in [6.45, 7) is 6.77. The van der Waals surface area contributed by atoms with Gasteiger partial charge in [0.1, 0.15) is 5.75 Å². The third kappa shape index (κ3) is 3.99. The van der Waals surface area contributed by atoms with E-state index in [9.17, 15) is 0 Å². The molecule has 1 aromatic carbocycles. The van der Waals surface area contributed by atoms with Crippen LogP contribution >= 0.6 is 11.6 Å². The summed E-state index contributed by atoms with van der Waals surface area (Å²) in [6, 6.07) is 5.76. The monoisotopic (exact) mass is 293 g/mol. The Bertz CT molecular complexity index is 554. The maximum absolute atomic E-state index is 6.27. The number of hydrogen-bond donors (Lipinski definition) is 1. The topological polar surface area (TPSA) is 39.1 Å². The molecule has 0 unspecified atom stereocenters. The number of ether oxygens (including phenoxy) is 1. The van der Waals surface area contributed by atoms with Crippen LogP contribution in [0, 0.1) is 0 Å². The van der Waals surface area contributed by atoms with Gasteiger partial charge in [0.15, 0.2) is 5.75 Å². The van der Waals surface area contributed by atoms with Gasteiger partial charge in [-0.2, -0.15) is 5.10 Å². The van der Waals surface area contributed by atoms with Crippen LogP contribution in [0.1, 0.15) is 25.8 Å². The zero-order valence-electron chi connectivity index (χ0n) is 11.9. The number of hydrogen-bond acceptors (Lipinski definition) is 3. The molecule has 5 heteroatoms. The molecule has 2 aromatic rings. The normalized spacial score (nSPS) is 10.8. The lowest BCUT2D eigenvalue weighted by Crippen LogP contribution is -2.13. The second-order valence-electron chi connectivity index (χ2n) is 4.56. The molecule has 1 aromatic heterocycles. The van der Waals surface area contributed by atoms with Crippen molar-refractivity contribution in [2.24, 2.45) is 0 Å². The van der Waals surface area contributed by atoms with Gasteiger partial charge in [-0.1, -0.05) is 24.6 Å². The lowest BCUT2D eigenvalue weighted by molar-refractivity contribution is 0.481. The van der Waals surface area contributed by atoms with Crippen LogP contribution in [0.25, 0.3) is 0 Å². The highest BCUT2D eigenvalue weighted by Gasteiger charge is 2.05. The van der Waals surface area contributed by atoms with E-state index < -0.39 is 0 Å².